The summed E-state index contributed by atoms with van der Waals surface area (Å²) >= 11 is 0. The Morgan fingerprint density at radius 1 is 1.05 bits per heavy atom. The van der Waals surface area contributed by atoms with Gasteiger partial charge in [-0.1, -0.05) is 6.07 Å². The fourth-order valence-electron chi connectivity index (χ4n) is 5.86. The van der Waals surface area contributed by atoms with Crippen molar-refractivity contribution in [3.63, 3.8) is 0 Å². The van der Waals surface area contributed by atoms with Crippen LogP contribution in [0.15, 0.2) is 18.2 Å². The van der Waals surface area contributed by atoms with Gasteiger partial charge in [0.05, 0.1) is 5.41 Å². The highest BCUT2D eigenvalue weighted by Crippen LogP contribution is 2.58. The van der Waals surface area contributed by atoms with Gasteiger partial charge < -0.3 is 24.7 Å². The molecule has 3 saturated heterocycles. The topological polar surface area (TPSA) is 114 Å². The SMILES string of the molecule is CCN1CCC2(CN(C(=O)N(C)C)CC23CCN(C(=O)c2cccc(C)n2)CC3)C1=O.O=C(O)C(F)(F)F. The fourth-order valence-corrected chi connectivity index (χ4v) is 5.86. The van der Waals surface area contributed by atoms with Crippen LogP contribution in [-0.2, 0) is 9.59 Å². The molecule has 38 heavy (non-hydrogen) atoms. The van der Waals surface area contributed by atoms with Gasteiger partial charge in [0, 0.05) is 64.5 Å². The van der Waals surface area contributed by atoms with E-state index in [0.29, 0.717) is 38.4 Å². The maximum atomic E-state index is 13.5. The molecule has 3 fully saturated rings. The summed E-state index contributed by atoms with van der Waals surface area (Å²) in [4.78, 5) is 59.9. The van der Waals surface area contributed by atoms with Crippen molar-refractivity contribution in [3.05, 3.63) is 29.6 Å². The van der Waals surface area contributed by atoms with Crippen LogP contribution in [0.3, 0.4) is 0 Å². The van der Waals surface area contributed by atoms with Gasteiger partial charge in [0.15, 0.2) is 0 Å². The third-order valence-electron chi connectivity index (χ3n) is 7.87. The zero-order chi connectivity index (χ0) is 28.5. The molecule has 1 aromatic heterocycles. The number of carbonyl (C=O) groups is 4. The van der Waals surface area contributed by atoms with Crippen molar-refractivity contribution >= 4 is 23.8 Å². The van der Waals surface area contributed by atoms with E-state index >= 15 is 0 Å². The van der Waals surface area contributed by atoms with Crippen LogP contribution in [0.25, 0.3) is 0 Å². The predicted octanol–water partition coefficient (Wildman–Crippen LogP) is 2.48. The van der Waals surface area contributed by atoms with E-state index in [-0.39, 0.29) is 23.3 Å². The monoisotopic (exact) mass is 541 g/mol. The first-order valence-electron chi connectivity index (χ1n) is 12.5. The highest BCUT2D eigenvalue weighted by atomic mass is 19.4. The van der Waals surface area contributed by atoms with E-state index in [1.54, 1.807) is 25.1 Å². The Morgan fingerprint density at radius 2 is 1.66 bits per heavy atom. The van der Waals surface area contributed by atoms with Crippen molar-refractivity contribution in [2.75, 3.05) is 53.4 Å². The zero-order valence-electron chi connectivity index (χ0n) is 22.0. The van der Waals surface area contributed by atoms with E-state index in [2.05, 4.69) is 4.98 Å². The van der Waals surface area contributed by atoms with E-state index in [1.807, 2.05) is 40.7 Å². The Kier molecular flexibility index (Phi) is 8.27. The molecule has 1 N–H and O–H groups in total. The third kappa shape index (κ3) is 5.41. The number of carbonyl (C=O) groups excluding carboxylic acids is 3. The van der Waals surface area contributed by atoms with Crippen molar-refractivity contribution in [2.24, 2.45) is 10.8 Å². The van der Waals surface area contributed by atoms with Gasteiger partial charge in [-0.25, -0.2) is 14.6 Å². The molecular formula is C25H34F3N5O5. The van der Waals surface area contributed by atoms with Gasteiger partial charge in [-0.15, -0.1) is 0 Å². The molecule has 1 atom stereocenters. The second-order valence-corrected chi connectivity index (χ2v) is 10.3. The Hall–Kier alpha value is -3.38. The number of fused-ring (bicyclic) bond motifs is 1. The number of rotatable bonds is 2. The highest BCUT2D eigenvalue weighted by molar-refractivity contribution is 5.92. The summed E-state index contributed by atoms with van der Waals surface area (Å²) < 4.78 is 31.7. The minimum absolute atomic E-state index is 0.0403. The number of aryl methyl sites for hydroxylation is 1. The predicted molar refractivity (Wildman–Crippen MR) is 130 cm³/mol. The van der Waals surface area contributed by atoms with Gasteiger partial charge in [-0.2, -0.15) is 13.2 Å². The number of likely N-dealkylation sites (tertiary alicyclic amines) is 3. The molecule has 3 aliphatic heterocycles. The average molecular weight is 542 g/mol. The molecule has 0 bridgehead atoms. The van der Waals surface area contributed by atoms with Crippen LogP contribution in [0.5, 0.6) is 0 Å². The number of carboxylic acid groups (broad SMARTS) is 1. The number of nitrogens with zero attached hydrogens (tertiary/aromatic N) is 5. The zero-order valence-corrected chi connectivity index (χ0v) is 22.0. The number of hydrogen-bond acceptors (Lipinski definition) is 5. The minimum Gasteiger partial charge on any atom is -0.475 e. The summed E-state index contributed by atoms with van der Waals surface area (Å²) in [6, 6.07) is 5.45. The van der Waals surface area contributed by atoms with Crippen LogP contribution in [0.2, 0.25) is 0 Å². The molecule has 4 amide bonds. The molecule has 210 valence electrons. The number of alkyl halides is 3. The summed E-state index contributed by atoms with van der Waals surface area (Å²) in [5, 5.41) is 7.12. The lowest BCUT2D eigenvalue weighted by molar-refractivity contribution is -0.192. The summed E-state index contributed by atoms with van der Waals surface area (Å²) in [6.45, 7) is 7.56. The normalized spacial score (nSPS) is 22.5. The summed E-state index contributed by atoms with van der Waals surface area (Å²) in [7, 11) is 3.51. The first-order valence-corrected chi connectivity index (χ1v) is 12.5. The van der Waals surface area contributed by atoms with Crippen molar-refractivity contribution in [3.8, 4) is 0 Å². The third-order valence-corrected chi connectivity index (χ3v) is 7.87. The van der Waals surface area contributed by atoms with E-state index in [0.717, 1.165) is 31.5 Å². The first-order chi connectivity index (χ1) is 17.7. The first kappa shape index (κ1) is 29.2. The number of aromatic nitrogens is 1. The molecule has 13 heteroatoms. The summed E-state index contributed by atoms with van der Waals surface area (Å²) in [5.74, 6) is -2.63. The molecule has 0 radical (unpaired) electrons. The van der Waals surface area contributed by atoms with Crippen LogP contribution in [0.4, 0.5) is 18.0 Å². The number of halogens is 3. The molecule has 4 heterocycles. The van der Waals surface area contributed by atoms with Gasteiger partial charge >= 0.3 is 18.2 Å². The number of pyridine rings is 1. The van der Waals surface area contributed by atoms with Crippen molar-refractivity contribution < 1.29 is 37.5 Å². The summed E-state index contributed by atoms with van der Waals surface area (Å²) in [5.41, 5.74) is 0.473. The van der Waals surface area contributed by atoms with Crippen LogP contribution in [0.1, 0.15) is 42.4 Å². The van der Waals surface area contributed by atoms with Crippen LogP contribution >= 0.6 is 0 Å². The lowest BCUT2D eigenvalue weighted by Gasteiger charge is -2.46. The van der Waals surface area contributed by atoms with Crippen molar-refractivity contribution in [1.29, 1.82) is 0 Å². The Bertz CT molecular complexity index is 1090. The standard InChI is InChI=1S/C23H33N5O3.C2HF3O2/c1-5-26-14-11-23(20(26)30)16-28(21(31)25(3)4)15-22(23)9-12-27(13-10-22)19(29)18-8-6-7-17(2)24-18;3-2(4,5)1(6)7/h6-8H,5,9-16H2,1-4H3;(H,6,7). The number of aliphatic carboxylic acids is 1. The number of piperidine rings is 1. The van der Waals surface area contributed by atoms with Gasteiger partial charge in [0.25, 0.3) is 5.91 Å². The van der Waals surface area contributed by atoms with E-state index < -0.39 is 17.6 Å². The maximum absolute atomic E-state index is 13.5. The van der Waals surface area contributed by atoms with Crippen LogP contribution < -0.4 is 0 Å². The van der Waals surface area contributed by atoms with Crippen molar-refractivity contribution in [2.45, 2.75) is 39.3 Å². The van der Waals surface area contributed by atoms with Gasteiger partial charge in [0.2, 0.25) is 5.91 Å². The van der Waals surface area contributed by atoms with Gasteiger partial charge in [-0.05, 0) is 45.2 Å². The Balaban J connectivity index is 0.000000505. The molecule has 1 aromatic rings. The number of amides is 4. The van der Waals surface area contributed by atoms with E-state index in [1.165, 1.54) is 0 Å². The average Bonchev–Trinajstić information content (AvgIpc) is 3.35. The largest absolute Gasteiger partial charge is 0.490 e. The van der Waals surface area contributed by atoms with Crippen molar-refractivity contribution in [1.82, 2.24) is 24.6 Å². The molecule has 10 nitrogen and oxygen atoms in total. The quantitative estimate of drug-likeness (QED) is 0.616. The van der Waals surface area contributed by atoms with Crippen LogP contribution in [0, 0.1) is 17.8 Å². The molecule has 0 aliphatic carbocycles. The smallest absolute Gasteiger partial charge is 0.475 e. The molecule has 0 aromatic carbocycles. The molecule has 0 saturated carbocycles. The second kappa shape index (κ2) is 10.8. The van der Waals surface area contributed by atoms with Gasteiger partial charge in [0.1, 0.15) is 5.69 Å². The molecule has 4 rings (SSSR count). The number of hydrogen-bond donors (Lipinski definition) is 1. The van der Waals surface area contributed by atoms with E-state index in [9.17, 15) is 27.6 Å². The number of carboxylic acids is 1. The Morgan fingerprint density at radius 3 is 2.13 bits per heavy atom. The highest BCUT2D eigenvalue weighted by Gasteiger charge is 2.66. The Labute approximate surface area is 219 Å². The second-order valence-electron chi connectivity index (χ2n) is 10.3. The fraction of sp³-hybridized carbons (Fsp3) is 0.640. The molecular weight excluding hydrogens is 507 g/mol. The molecule has 2 spiro atoms. The van der Waals surface area contributed by atoms with E-state index in [4.69, 9.17) is 9.90 Å². The molecule has 3 aliphatic rings. The maximum Gasteiger partial charge on any atom is 0.490 e. The van der Waals surface area contributed by atoms with Gasteiger partial charge in [-0.3, -0.25) is 9.59 Å². The lowest BCUT2D eigenvalue weighted by Crippen LogP contribution is -2.53. The lowest BCUT2D eigenvalue weighted by atomic mass is 9.60. The number of urea groups is 1. The summed E-state index contributed by atoms with van der Waals surface area (Å²) in [6.07, 6.45) is -2.85. The van der Waals surface area contributed by atoms with Crippen LogP contribution in [-0.4, -0.2) is 113 Å². The molecule has 1 unspecified atom stereocenters. The minimum atomic E-state index is -5.08.